The number of aliphatic carboxylic acids is 1. The summed E-state index contributed by atoms with van der Waals surface area (Å²) < 4.78 is 5.03. The Bertz CT molecular complexity index is 1010. The Balaban J connectivity index is 1.75. The zero-order chi connectivity index (χ0) is 20.8. The van der Waals surface area contributed by atoms with E-state index in [4.69, 9.17) is 4.42 Å². The molecule has 2 aromatic carbocycles. The number of carbonyl (C=O) groups excluding carboxylic acids is 2. The highest BCUT2D eigenvalue weighted by Crippen LogP contribution is 2.17. The molecule has 1 heterocycles. The number of carboxylic acid groups (broad SMARTS) is 1. The van der Waals surface area contributed by atoms with E-state index < -0.39 is 23.8 Å². The molecule has 0 aliphatic rings. The quantitative estimate of drug-likeness (QED) is 0.488. The molecule has 1 unspecified atom stereocenters. The van der Waals surface area contributed by atoms with Crippen LogP contribution in [-0.4, -0.2) is 34.0 Å². The standard InChI is InChI=1S/C21H18N2O6/c24-14-9-7-13(8-10-14)12-17(21(27)28)23-19(25)15-4-1-2-5-16(15)22-20(26)18-6-3-11-29-18/h1-11,17,24H,12H2,(H,22,26)(H,23,25)(H,27,28). The number of hydrogen-bond donors (Lipinski definition) is 4. The van der Waals surface area contributed by atoms with Crippen molar-refractivity contribution in [2.24, 2.45) is 0 Å². The number of carbonyl (C=O) groups is 3. The molecule has 3 rings (SSSR count). The lowest BCUT2D eigenvalue weighted by Gasteiger charge is -2.16. The average molecular weight is 394 g/mol. The normalized spacial score (nSPS) is 11.4. The first kappa shape index (κ1) is 19.7. The fraction of sp³-hybridized carbons (Fsp3) is 0.0952. The second-order valence-corrected chi connectivity index (χ2v) is 6.21. The Morgan fingerprint density at radius 2 is 1.66 bits per heavy atom. The number of phenolic OH excluding ortho intramolecular Hbond substituents is 1. The van der Waals surface area contributed by atoms with Gasteiger partial charge in [0.25, 0.3) is 11.8 Å². The van der Waals surface area contributed by atoms with Gasteiger partial charge in [-0.1, -0.05) is 24.3 Å². The van der Waals surface area contributed by atoms with Crippen molar-refractivity contribution in [1.82, 2.24) is 5.32 Å². The molecular weight excluding hydrogens is 376 g/mol. The molecule has 0 saturated carbocycles. The summed E-state index contributed by atoms with van der Waals surface area (Å²) in [5, 5.41) is 23.9. The van der Waals surface area contributed by atoms with Crippen LogP contribution in [0.2, 0.25) is 0 Å². The van der Waals surface area contributed by atoms with Gasteiger partial charge in [-0.3, -0.25) is 9.59 Å². The van der Waals surface area contributed by atoms with Crippen molar-refractivity contribution in [3.63, 3.8) is 0 Å². The number of nitrogens with one attached hydrogen (secondary N) is 2. The summed E-state index contributed by atoms with van der Waals surface area (Å²) in [4.78, 5) is 36.5. The molecule has 29 heavy (non-hydrogen) atoms. The number of benzene rings is 2. The summed E-state index contributed by atoms with van der Waals surface area (Å²) in [6.45, 7) is 0. The van der Waals surface area contributed by atoms with E-state index in [1.165, 1.54) is 36.6 Å². The second-order valence-electron chi connectivity index (χ2n) is 6.21. The van der Waals surface area contributed by atoms with E-state index in [9.17, 15) is 24.6 Å². The van der Waals surface area contributed by atoms with Crippen molar-refractivity contribution < 1.29 is 29.0 Å². The van der Waals surface area contributed by atoms with Gasteiger partial charge in [-0.05, 0) is 42.0 Å². The third-order valence-electron chi connectivity index (χ3n) is 4.14. The lowest BCUT2D eigenvalue weighted by atomic mass is 10.0. The highest BCUT2D eigenvalue weighted by molar-refractivity contribution is 6.08. The highest BCUT2D eigenvalue weighted by Gasteiger charge is 2.23. The zero-order valence-corrected chi connectivity index (χ0v) is 15.2. The van der Waals surface area contributed by atoms with Crippen molar-refractivity contribution in [2.75, 3.05) is 5.32 Å². The van der Waals surface area contributed by atoms with Crippen LogP contribution in [0.5, 0.6) is 5.75 Å². The zero-order valence-electron chi connectivity index (χ0n) is 15.2. The fourth-order valence-electron chi connectivity index (χ4n) is 2.69. The van der Waals surface area contributed by atoms with Crippen molar-refractivity contribution in [3.8, 4) is 5.75 Å². The summed E-state index contributed by atoms with van der Waals surface area (Å²) in [5.74, 6) is -2.24. The van der Waals surface area contributed by atoms with Crippen molar-refractivity contribution >= 4 is 23.5 Å². The molecule has 0 bridgehead atoms. The van der Waals surface area contributed by atoms with Gasteiger partial charge in [0, 0.05) is 6.42 Å². The molecule has 0 radical (unpaired) electrons. The Kier molecular flexibility index (Phi) is 5.94. The van der Waals surface area contributed by atoms with Crippen LogP contribution in [0.15, 0.2) is 71.3 Å². The van der Waals surface area contributed by atoms with E-state index in [1.54, 1.807) is 30.3 Å². The van der Waals surface area contributed by atoms with Crippen LogP contribution in [0.4, 0.5) is 5.69 Å². The largest absolute Gasteiger partial charge is 0.508 e. The van der Waals surface area contributed by atoms with E-state index in [0.717, 1.165) is 0 Å². The van der Waals surface area contributed by atoms with Crippen LogP contribution in [-0.2, 0) is 11.2 Å². The van der Waals surface area contributed by atoms with Gasteiger partial charge >= 0.3 is 5.97 Å². The maximum atomic E-state index is 12.7. The van der Waals surface area contributed by atoms with Gasteiger partial charge in [0.1, 0.15) is 11.8 Å². The average Bonchev–Trinajstić information content (AvgIpc) is 3.24. The predicted molar refractivity (Wildman–Crippen MR) is 104 cm³/mol. The lowest BCUT2D eigenvalue weighted by molar-refractivity contribution is -0.139. The van der Waals surface area contributed by atoms with E-state index >= 15 is 0 Å². The van der Waals surface area contributed by atoms with Gasteiger partial charge in [0.15, 0.2) is 5.76 Å². The van der Waals surface area contributed by atoms with Gasteiger partial charge in [-0.2, -0.15) is 0 Å². The molecular formula is C21H18N2O6. The van der Waals surface area contributed by atoms with Crippen LogP contribution < -0.4 is 10.6 Å². The molecule has 1 aromatic heterocycles. The van der Waals surface area contributed by atoms with Crippen LogP contribution in [0.25, 0.3) is 0 Å². The second kappa shape index (κ2) is 8.75. The smallest absolute Gasteiger partial charge is 0.326 e. The maximum absolute atomic E-state index is 12.7. The molecule has 0 fully saturated rings. The minimum atomic E-state index is -1.21. The highest BCUT2D eigenvalue weighted by atomic mass is 16.4. The summed E-state index contributed by atoms with van der Waals surface area (Å²) in [7, 11) is 0. The first-order chi connectivity index (χ1) is 13.9. The number of para-hydroxylation sites is 1. The summed E-state index contributed by atoms with van der Waals surface area (Å²) in [6, 6.07) is 14.1. The summed E-state index contributed by atoms with van der Waals surface area (Å²) in [6.07, 6.45) is 1.39. The van der Waals surface area contributed by atoms with Crippen molar-refractivity contribution in [3.05, 3.63) is 83.8 Å². The number of rotatable bonds is 7. The Labute approximate surface area is 165 Å². The molecule has 0 aliphatic heterocycles. The predicted octanol–water partition coefficient (Wildman–Crippen LogP) is 2.66. The molecule has 8 nitrogen and oxygen atoms in total. The molecule has 1 atom stereocenters. The van der Waals surface area contributed by atoms with Gasteiger partial charge in [-0.25, -0.2) is 4.79 Å². The minimum absolute atomic E-state index is 0.0300. The van der Waals surface area contributed by atoms with E-state index in [-0.39, 0.29) is 29.2 Å². The van der Waals surface area contributed by atoms with Crippen LogP contribution in [0.1, 0.15) is 26.5 Å². The first-order valence-electron chi connectivity index (χ1n) is 8.69. The number of aromatic hydroxyl groups is 1. The SMILES string of the molecule is O=C(Nc1ccccc1C(=O)NC(Cc1ccc(O)cc1)C(=O)O)c1ccco1. The lowest BCUT2D eigenvalue weighted by Crippen LogP contribution is -2.42. The number of anilines is 1. The Morgan fingerprint density at radius 1 is 0.931 bits per heavy atom. The number of amides is 2. The fourth-order valence-corrected chi connectivity index (χ4v) is 2.69. The van der Waals surface area contributed by atoms with Gasteiger partial charge in [0.2, 0.25) is 0 Å². The monoisotopic (exact) mass is 394 g/mol. The summed E-state index contributed by atoms with van der Waals surface area (Å²) in [5.41, 5.74) is 0.972. The topological polar surface area (TPSA) is 129 Å². The van der Waals surface area contributed by atoms with Gasteiger partial charge < -0.3 is 25.3 Å². The van der Waals surface area contributed by atoms with Crippen LogP contribution in [0, 0.1) is 0 Å². The number of hydrogen-bond acceptors (Lipinski definition) is 5. The third-order valence-corrected chi connectivity index (χ3v) is 4.14. The summed E-state index contributed by atoms with van der Waals surface area (Å²) >= 11 is 0. The Morgan fingerprint density at radius 3 is 2.31 bits per heavy atom. The molecule has 4 N–H and O–H groups in total. The van der Waals surface area contributed by atoms with E-state index in [2.05, 4.69) is 10.6 Å². The van der Waals surface area contributed by atoms with Crippen LogP contribution >= 0.6 is 0 Å². The van der Waals surface area contributed by atoms with Crippen molar-refractivity contribution in [2.45, 2.75) is 12.5 Å². The van der Waals surface area contributed by atoms with E-state index in [0.29, 0.717) is 5.56 Å². The number of furan rings is 1. The molecule has 0 aliphatic carbocycles. The third kappa shape index (κ3) is 5.01. The van der Waals surface area contributed by atoms with Crippen LogP contribution in [0.3, 0.4) is 0 Å². The molecule has 8 heteroatoms. The molecule has 148 valence electrons. The first-order valence-corrected chi connectivity index (χ1v) is 8.69. The maximum Gasteiger partial charge on any atom is 0.326 e. The molecule has 3 aromatic rings. The Hall–Kier alpha value is -4.07. The van der Waals surface area contributed by atoms with Gasteiger partial charge in [-0.15, -0.1) is 0 Å². The minimum Gasteiger partial charge on any atom is -0.508 e. The number of carboxylic acids is 1. The van der Waals surface area contributed by atoms with Gasteiger partial charge in [0.05, 0.1) is 17.5 Å². The van der Waals surface area contributed by atoms with E-state index in [1.807, 2.05) is 0 Å². The number of phenols is 1. The molecule has 0 spiro atoms. The molecule has 0 saturated heterocycles. The molecule has 2 amide bonds. The van der Waals surface area contributed by atoms with Crippen molar-refractivity contribution in [1.29, 1.82) is 0 Å².